The van der Waals surface area contributed by atoms with Crippen molar-refractivity contribution in [2.45, 2.75) is 6.54 Å². The highest BCUT2D eigenvalue weighted by molar-refractivity contribution is 7.07. The molecule has 0 aliphatic rings. The Labute approximate surface area is 102 Å². The molecule has 2 rings (SSSR count). The number of aromatic nitrogens is 2. The van der Waals surface area contributed by atoms with Gasteiger partial charge in [-0.15, -0.1) is 5.10 Å². The summed E-state index contributed by atoms with van der Waals surface area (Å²) in [6.45, 7) is 0.428. The fraction of sp³-hybridized carbons (Fsp3) is 0.182. The number of benzene rings is 1. The summed E-state index contributed by atoms with van der Waals surface area (Å²) in [6.07, 6.45) is 1.44. The second kappa shape index (κ2) is 5.01. The van der Waals surface area contributed by atoms with Gasteiger partial charge in [-0.2, -0.15) is 0 Å². The molecular formula is C11H10FN3OS. The van der Waals surface area contributed by atoms with Gasteiger partial charge in [0.1, 0.15) is 10.7 Å². The first-order chi connectivity index (χ1) is 8.16. The minimum absolute atomic E-state index is 0.135. The zero-order valence-electron chi connectivity index (χ0n) is 9.13. The van der Waals surface area contributed by atoms with E-state index in [9.17, 15) is 9.18 Å². The van der Waals surface area contributed by atoms with Crippen molar-refractivity contribution in [3.8, 4) is 0 Å². The summed E-state index contributed by atoms with van der Waals surface area (Å²) in [4.78, 5) is 13.9. The summed E-state index contributed by atoms with van der Waals surface area (Å²) in [7, 11) is 1.69. The van der Waals surface area contributed by atoms with Gasteiger partial charge < -0.3 is 4.90 Å². The minimum Gasteiger partial charge on any atom is -0.337 e. The molecule has 0 atom stereocenters. The Morgan fingerprint density at radius 1 is 1.41 bits per heavy atom. The van der Waals surface area contributed by atoms with Gasteiger partial charge in [-0.1, -0.05) is 16.6 Å². The van der Waals surface area contributed by atoms with Crippen molar-refractivity contribution in [2.75, 3.05) is 7.05 Å². The normalized spacial score (nSPS) is 10.2. The summed E-state index contributed by atoms with van der Waals surface area (Å²) < 4.78 is 16.3. The second-order valence-electron chi connectivity index (χ2n) is 3.57. The molecule has 1 aromatic heterocycles. The first-order valence-electron chi connectivity index (χ1n) is 4.94. The van der Waals surface area contributed by atoms with Gasteiger partial charge in [-0.05, 0) is 29.2 Å². The number of nitrogens with zero attached hydrogens (tertiary/aromatic N) is 3. The molecular weight excluding hydrogens is 241 g/mol. The number of hydrogen-bond acceptors (Lipinski definition) is 4. The lowest BCUT2D eigenvalue weighted by Crippen LogP contribution is -2.25. The average molecular weight is 251 g/mol. The van der Waals surface area contributed by atoms with E-state index in [1.54, 1.807) is 24.1 Å². The molecule has 88 valence electrons. The van der Waals surface area contributed by atoms with Crippen molar-refractivity contribution >= 4 is 17.4 Å². The van der Waals surface area contributed by atoms with Crippen LogP contribution in [0, 0.1) is 5.82 Å². The van der Waals surface area contributed by atoms with Crippen LogP contribution >= 0.6 is 11.5 Å². The van der Waals surface area contributed by atoms with Crippen LogP contribution in [0.1, 0.15) is 15.2 Å². The predicted octanol–water partition coefficient (Wildman–Crippen LogP) is 1.95. The van der Waals surface area contributed by atoms with E-state index in [0.29, 0.717) is 11.4 Å². The van der Waals surface area contributed by atoms with Crippen LogP contribution in [0.15, 0.2) is 30.5 Å². The maximum absolute atomic E-state index is 12.7. The van der Waals surface area contributed by atoms with Gasteiger partial charge in [0.05, 0.1) is 6.20 Å². The van der Waals surface area contributed by atoms with Gasteiger partial charge >= 0.3 is 0 Å². The third-order valence-corrected chi connectivity index (χ3v) is 2.90. The van der Waals surface area contributed by atoms with Gasteiger partial charge in [0, 0.05) is 13.6 Å². The van der Waals surface area contributed by atoms with Gasteiger partial charge in [-0.3, -0.25) is 4.79 Å². The Balaban J connectivity index is 2.04. The summed E-state index contributed by atoms with van der Waals surface area (Å²) in [6, 6.07) is 6.07. The highest BCUT2D eigenvalue weighted by Gasteiger charge is 2.14. The number of hydrogen-bond donors (Lipinski definition) is 0. The molecule has 0 aliphatic heterocycles. The van der Waals surface area contributed by atoms with E-state index in [4.69, 9.17) is 0 Å². The zero-order chi connectivity index (χ0) is 12.3. The number of rotatable bonds is 3. The number of carbonyl (C=O) groups is 1. The Kier molecular flexibility index (Phi) is 3.43. The number of amides is 1. The van der Waals surface area contributed by atoms with Crippen molar-refractivity contribution in [1.82, 2.24) is 14.5 Å². The lowest BCUT2D eigenvalue weighted by molar-refractivity contribution is 0.0789. The van der Waals surface area contributed by atoms with Crippen LogP contribution in [0.4, 0.5) is 4.39 Å². The van der Waals surface area contributed by atoms with Crippen LogP contribution in [0.5, 0.6) is 0 Å². The standard InChI is InChI=1S/C11H10FN3OS/c1-15(11(16)10-6-13-14-17-10)7-8-2-4-9(12)5-3-8/h2-6H,7H2,1H3. The molecule has 6 heteroatoms. The molecule has 0 radical (unpaired) electrons. The minimum atomic E-state index is -0.283. The maximum atomic E-state index is 12.7. The van der Waals surface area contributed by atoms with Crippen molar-refractivity contribution in [3.05, 3.63) is 46.7 Å². The molecule has 17 heavy (non-hydrogen) atoms. The van der Waals surface area contributed by atoms with E-state index in [0.717, 1.165) is 17.1 Å². The van der Waals surface area contributed by atoms with Crippen LogP contribution in [0.25, 0.3) is 0 Å². The van der Waals surface area contributed by atoms with Crippen LogP contribution in [-0.2, 0) is 6.54 Å². The molecule has 0 unspecified atom stereocenters. The highest BCUT2D eigenvalue weighted by atomic mass is 32.1. The maximum Gasteiger partial charge on any atom is 0.267 e. The molecule has 0 saturated heterocycles. The Morgan fingerprint density at radius 3 is 2.71 bits per heavy atom. The van der Waals surface area contributed by atoms with Crippen molar-refractivity contribution in [3.63, 3.8) is 0 Å². The molecule has 2 aromatic rings. The second-order valence-corrected chi connectivity index (χ2v) is 4.36. The molecule has 1 amide bonds. The van der Waals surface area contributed by atoms with Gasteiger partial charge in [0.2, 0.25) is 0 Å². The fourth-order valence-electron chi connectivity index (χ4n) is 1.38. The monoisotopic (exact) mass is 251 g/mol. The van der Waals surface area contributed by atoms with Crippen LogP contribution in [-0.4, -0.2) is 27.4 Å². The SMILES string of the molecule is CN(Cc1ccc(F)cc1)C(=O)c1cnns1. The van der Waals surface area contributed by atoms with Crippen molar-refractivity contribution in [2.24, 2.45) is 0 Å². The molecule has 4 nitrogen and oxygen atoms in total. The smallest absolute Gasteiger partial charge is 0.267 e. The summed E-state index contributed by atoms with van der Waals surface area (Å²) in [5, 5.41) is 3.62. The van der Waals surface area contributed by atoms with Gasteiger partial charge in [-0.25, -0.2) is 4.39 Å². The molecule has 1 heterocycles. The van der Waals surface area contributed by atoms with Crippen molar-refractivity contribution < 1.29 is 9.18 Å². The molecule has 0 aliphatic carbocycles. The topological polar surface area (TPSA) is 46.1 Å². The zero-order valence-corrected chi connectivity index (χ0v) is 9.95. The Hall–Kier alpha value is -1.82. The van der Waals surface area contributed by atoms with E-state index in [1.807, 2.05) is 0 Å². The van der Waals surface area contributed by atoms with Crippen molar-refractivity contribution in [1.29, 1.82) is 0 Å². The molecule has 0 saturated carbocycles. The van der Waals surface area contributed by atoms with E-state index in [2.05, 4.69) is 9.59 Å². The predicted molar refractivity (Wildman–Crippen MR) is 62.1 cm³/mol. The lowest BCUT2D eigenvalue weighted by atomic mass is 10.2. The van der Waals surface area contributed by atoms with E-state index in [-0.39, 0.29) is 11.7 Å². The summed E-state index contributed by atoms with van der Waals surface area (Å²) >= 11 is 1.06. The third kappa shape index (κ3) is 2.85. The van der Waals surface area contributed by atoms with Crippen LogP contribution < -0.4 is 0 Å². The van der Waals surface area contributed by atoms with E-state index >= 15 is 0 Å². The average Bonchev–Trinajstić information content (AvgIpc) is 2.84. The first-order valence-corrected chi connectivity index (χ1v) is 5.71. The molecule has 0 fully saturated rings. The van der Waals surface area contributed by atoms with Gasteiger partial charge in [0.15, 0.2) is 0 Å². The molecule has 1 aromatic carbocycles. The Morgan fingerprint density at radius 2 is 2.12 bits per heavy atom. The summed E-state index contributed by atoms with van der Waals surface area (Å²) in [5.41, 5.74) is 0.875. The quantitative estimate of drug-likeness (QED) is 0.837. The lowest BCUT2D eigenvalue weighted by Gasteiger charge is -2.15. The van der Waals surface area contributed by atoms with E-state index in [1.165, 1.54) is 18.3 Å². The molecule has 0 spiro atoms. The van der Waals surface area contributed by atoms with Gasteiger partial charge in [0.25, 0.3) is 5.91 Å². The summed E-state index contributed by atoms with van der Waals surface area (Å²) in [5.74, 6) is -0.418. The molecule has 0 N–H and O–H groups in total. The Bertz CT molecular complexity index is 498. The van der Waals surface area contributed by atoms with Crippen LogP contribution in [0.2, 0.25) is 0 Å². The van der Waals surface area contributed by atoms with E-state index < -0.39 is 0 Å². The molecule has 0 bridgehead atoms. The first kappa shape index (κ1) is 11.7. The third-order valence-electron chi connectivity index (χ3n) is 2.25. The fourth-order valence-corrected chi connectivity index (χ4v) is 1.90. The largest absolute Gasteiger partial charge is 0.337 e. The van der Waals surface area contributed by atoms with Crippen LogP contribution in [0.3, 0.4) is 0 Å². The number of carbonyl (C=O) groups excluding carboxylic acids is 1. The number of halogens is 1. The highest BCUT2D eigenvalue weighted by Crippen LogP contribution is 2.10.